The summed E-state index contributed by atoms with van der Waals surface area (Å²) in [5, 5.41) is 3.76. The van der Waals surface area contributed by atoms with Crippen molar-refractivity contribution in [3.63, 3.8) is 0 Å². The van der Waals surface area contributed by atoms with Crippen LogP contribution >= 0.6 is 11.6 Å². The quantitative estimate of drug-likeness (QED) is 0.868. The highest BCUT2D eigenvalue weighted by molar-refractivity contribution is 6.34. The molecule has 0 unspecified atom stereocenters. The van der Waals surface area contributed by atoms with Gasteiger partial charge in [0.15, 0.2) is 0 Å². The highest BCUT2D eigenvalue weighted by Gasteiger charge is 2.14. The van der Waals surface area contributed by atoms with Gasteiger partial charge in [-0.2, -0.15) is 0 Å². The molecule has 4 nitrogen and oxygen atoms in total. The predicted molar refractivity (Wildman–Crippen MR) is 67.4 cm³/mol. The Labute approximate surface area is 105 Å². The van der Waals surface area contributed by atoms with Crippen LogP contribution in [0.25, 0.3) is 0 Å². The van der Waals surface area contributed by atoms with E-state index in [0.29, 0.717) is 16.6 Å². The number of amides is 1. The molecule has 5 heteroatoms. The predicted octanol–water partition coefficient (Wildman–Crippen LogP) is 2.03. The molecule has 1 aliphatic heterocycles. The van der Waals surface area contributed by atoms with Crippen molar-refractivity contribution in [3.8, 4) is 0 Å². The van der Waals surface area contributed by atoms with Gasteiger partial charge in [-0.15, -0.1) is 0 Å². The Balaban J connectivity index is 2.06. The molecule has 0 aliphatic carbocycles. The first kappa shape index (κ1) is 12.2. The number of carbonyl (C=O) groups excluding carboxylic acids is 1. The summed E-state index contributed by atoms with van der Waals surface area (Å²) in [5.74, 6) is -0.507. The van der Waals surface area contributed by atoms with Gasteiger partial charge in [-0.3, -0.25) is 4.79 Å². The van der Waals surface area contributed by atoms with Crippen LogP contribution < -0.4 is 11.1 Å². The summed E-state index contributed by atoms with van der Waals surface area (Å²) in [5.41, 5.74) is 6.45. The number of hydrogen-bond donors (Lipinski definition) is 2. The van der Waals surface area contributed by atoms with Crippen LogP contribution in [0.2, 0.25) is 5.02 Å². The van der Waals surface area contributed by atoms with E-state index in [9.17, 15) is 4.79 Å². The number of primary amides is 1. The van der Waals surface area contributed by atoms with Crippen LogP contribution in [-0.4, -0.2) is 25.2 Å². The molecular formula is C12H15ClN2O2. The Morgan fingerprint density at radius 3 is 2.71 bits per heavy atom. The highest BCUT2D eigenvalue weighted by atomic mass is 35.5. The lowest BCUT2D eigenvalue weighted by atomic mass is 10.1. The van der Waals surface area contributed by atoms with Crippen molar-refractivity contribution in [2.45, 2.75) is 18.9 Å². The van der Waals surface area contributed by atoms with Crippen molar-refractivity contribution in [1.82, 2.24) is 0 Å². The van der Waals surface area contributed by atoms with E-state index in [0.717, 1.165) is 31.7 Å². The first-order valence-electron chi connectivity index (χ1n) is 5.60. The normalized spacial score (nSPS) is 16.8. The fourth-order valence-electron chi connectivity index (χ4n) is 1.88. The third-order valence-electron chi connectivity index (χ3n) is 2.83. The van der Waals surface area contributed by atoms with E-state index < -0.39 is 5.91 Å². The summed E-state index contributed by atoms with van der Waals surface area (Å²) in [4.78, 5) is 11.0. The van der Waals surface area contributed by atoms with Crippen molar-refractivity contribution in [2.75, 3.05) is 18.5 Å². The summed E-state index contributed by atoms with van der Waals surface area (Å²) in [7, 11) is 0. The fraction of sp³-hybridized carbons (Fsp3) is 0.417. The zero-order chi connectivity index (χ0) is 12.3. The number of hydrogen-bond acceptors (Lipinski definition) is 3. The Kier molecular flexibility index (Phi) is 3.86. The number of halogens is 1. The third-order valence-corrected chi connectivity index (χ3v) is 3.14. The summed E-state index contributed by atoms with van der Waals surface area (Å²) in [6, 6.07) is 5.60. The number of carbonyl (C=O) groups is 1. The van der Waals surface area contributed by atoms with Crippen LogP contribution in [0.1, 0.15) is 23.2 Å². The highest BCUT2D eigenvalue weighted by Crippen LogP contribution is 2.22. The molecule has 0 radical (unpaired) electrons. The van der Waals surface area contributed by atoms with E-state index in [2.05, 4.69) is 5.32 Å². The summed E-state index contributed by atoms with van der Waals surface area (Å²) >= 11 is 5.98. The second-order valence-electron chi connectivity index (χ2n) is 4.09. The summed E-state index contributed by atoms with van der Waals surface area (Å²) in [6.07, 6.45) is 1.96. The van der Waals surface area contributed by atoms with Gasteiger partial charge < -0.3 is 15.8 Å². The van der Waals surface area contributed by atoms with Crippen LogP contribution in [0, 0.1) is 0 Å². The second-order valence-corrected chi connectivity index (χ2v) is 4.50. The van der Waals surface area contributed by atoms with Gasteiger partial charge in [-0.05, 0) is 31.0 Å². The van der Waals surface area contributed by atoms with Crippen molar-refractivity contribution >= 4 is 23.2 Å². The Hall–Kier alpha value is -1.26. The molecule has 1 heterocycles. The molecule has 92 valence electrons. The maximum atomic E-state index is 11.0. The Morgan fingerprint density at radius 2 is 2.12 bits per heavy atom. The molecule has 0 bridgehead atoms. The molecular weight excluding hydrogens is 240 g/mol. The SMILES string of the molecule is NC(=O)c1ccc(NC2CCOCC2)cc1Cl. The lowest BCUT2D eigenvalue weighted by Crippen LogP contribution is -2.27. The molecule has 1 saturated heterocycles. The van der Waals surface area contributed by atoms with Gasteiger partial charge in [0.25, 0.3) is 0 Å². The molecule has 17 heavy (non-hydrogen) atoms. The van der Waals surface area contributed by atoms with Crippen LogP contribution in [-0.2, 0) is 4.74 Å². The van der Waals surface area contributed by atoms with Gasteiger partial charge in [0, 0.05) is 24.9 Å². The van der Waals surface area contributed by atoms with Crippen LogP contribution in [0.5, 0.6) is 0 Å². The van der Waals surface area contributed by atoms with Gasteiger partial charge in [0.05, 0.1) is 10.6 Å². The van der Waals surface area contributed by atoms with E-state index in [1.165, 1.54) is 0 Å². The smallest absolute Gasteiger partial charge is 0.250 e. The molecule has 3 N–H and O–H groups in total. The molecule has 2 rings (SSSR count). The first-order valence-corrected chi connectivity index (χ1v) is 5.98. The molecule has 1 aliphatic rings. The zero-order valence-electron chi connectivity index (χ0n) is 9.41. The number of anilines is 1. The average Bonchev–Trinajstić information content (AvgIpc) is 2.30. The van der Waals surface area contributed by atoms with Crippen molar-refractivity contribution in [3.05, 3.63) is 28.8 Å². The maximum absolute atomic E-state index is 11.0. The Morgan fingerprint density at radius 1 is 1.41 bits per heavy atom. The van der Waals surface area contributed by atoms with Gasteiger partial charge in [-0.1, -0.05) is 11.6 Å². The molecule has 1 aromatic carbocycles. The zero-order valence-corrected chi connectivity index (χ0v) is 10.2. The monoisotopic (exact) mass is 254 g/mol. The van der Waals surface area contributed by atoms with Crippen LogP contribution in [0.15, 0.2) is 18.2 Å². The lowest BCUT2D eigenvalue weighted by Gasteiger charge is -2.24. The summed E-state index contributed by atoms with van der Waals surface area (Å²) in [6.45, 7) is 1.57. The van der Waals surface area contributed by atoms with Crippen LogP contribution in [0.3, 0.4) is 0 Å². The number of nitrogens with one attached hydrogen (secondary N) is 1. The van der Waals surface area contributed by atoms with Crippen LogP contribution in [0.4, 0.5) is 5.69 Å². The van der Waals surface area contributed by atoms with E-state index >= 15 is 0 Å². The minimum absolute atomic E-state index is 0.351. The topological polar surface area (TPSA) is 64.4 Å². The molecule has 0 spiro atoms. The van der Waals surface area contributed by atoms with E-state index in [-0.39, 0.29) is 0 Å². The van der Waals surface area contributed by atoms with E-state index in [4.69, 9.17) is 22.1 Å². The summed E-state index contributed by atoms with van der Waals surface area (Å²) < 4.78 is 5.28. The van der Waals surface area contributed by atoms with Gasteiger partial charge >= 0.3 is 0 Å². The minimum Gasteiger partial charge on any atom is -0.382 e. The number of nitrogens with two attached hydrogens (primary N) is 1. The molecule has 1 amide bonds. The Bertz CT molecular complexity index is 417. The fourth-order valence-corrected chi connectivity index (χ4v) is 2.16. The molecule has 0 atom stereocenters. The van der Waals surface area contributed by atoms with Gasteiger partial charge in [-0.25, -0.2) is 0 Å². The van der Waals surface area contributed by atoms with Crippen molar-refractivity contribution in [1.29, 1.82) is 0 Å². The van der Waals surface area contributed by atoms with Crippen molar-refractivity contribution in [2.24, 2.45) is 5.73 Å². The lowest BCUT2D eigenvalue weighted by molar-refractivity contribution is 0.0904. The van der Waals surface area contributed by atoms with Gasteiger partial charge in [0.1, 0.15) is 0 Å². The maximum Gasteiger partial charge on any atom is 0.250 e. The molecule has 1 aromatic rings. The number of benzene rings is 1. The number of ether oxygens (including phenoxy) is 1. The average molecular weight is 255 g/mol. The number of rotatable bonds is 3. The first-order chi connectivity index (χ1) is 8.16. The minimum atomic E-state index is -0.507. The van der Waals surface area contributed by atoms with Crippen molar-refractivity contribution < 1.29 is 9.53 Å². The standard InChI is InChI=1S/C12H15ClN2O2/c13-11-7-9(1-2-10(11)12(14)16)15-8-3-5-17-6-4-8/h1-2,7-8,15H,3-6H2,(H2,14,16). The third kappa shape index (κ3) is 3.11. The van der Waals surface area contributed by atoms with E-state index in [1.807, 2.05) is 6.07 Å². The molecule has 0 aromatic heterocycles. The van der Waals surface area contributed by atoms with Gasteiger partial charge in [0.2, 0.25) is 5.91 Å². The molecule has 0 saturated carbocycles. The second kappa shape index (κ2) is 5.38. The largest absolute Gasteiger partial charge is 0.382 e. The molecule has 1 fully saturated rings. The van der Waals surface area contributed by atoms with E-state index in [1.54, 1.807) is 12.1 Å².